The van der Waals surface area contributed by atoms with Crippen LogP contribution in [-0.2, 0) is 0 Å². The SMILES string of the molecule is Cc1cc(C)n(-c2nccn3nc(C)cc23)n1. The highest BCUT2D eigenvalue weighted by Gasteiger charge is 2.10. The van der Waals surface area contributed by atoms with Crippen LogP contribution >= 0.6 is 0 Å². The van der Waals surface area contributed by atoms with Gasteiger partial charge in [0.15, 0.2) is 5.82 Å². The first-order valence-electron chi connectivity index (χ1n) is 5.50. The second kappa shape index (κ2) is 3.41. The van der Waals surface area contributed by atoms with Gasteiger partial charge in [0.1, 0.15) is 5.52 Å². The van der Waals surface area contributed by atoms with E-state index in [0.29, 0.717) is 0 Å². The maximum absolute atomic E-state index is 4.45. The van der Waals surface area contributed by atoms with Gasteiger partial charge >= 0.3 is 0 Å². The van der Waals surface area contributed by atoms with Gasteiger partial charge in [-0.1, -0.05) is 0 Å². The third-order valence-corrected chi connectivity index (χ3v) is 2.70. The highest BCUT2D eigenvalue weighted by molar-refractivity contribution is 5.60. The van der Waals surface area contributed by atoms with Gasteiger partial charge in [0.25, 0.3) is 0 Å². The molecule has 0 fully saturated rings. The molecule has 0 aliphatic heterocycles. The predicted molar refractivity (Wildman–Crippen MR) is 64.3 cm³/mol. The lowest BCUT2D eigenvalue weighted by Gasteiger charge is -2.04. The molecule has 3 heterocycles. The van der Waals surface area contributed by atoms with Crippen LogP contribution in [0.5, 0.6) is 0 Å². The molecule has 0 bridgehead atoms. The Morgan fingerprint density at radius 1 is 1.00 bits per heavy atom. The third-order valence-electron chi connectivity index (χ3n) is 2.70. The summed E-state index contributed by atoms with van der Waals surface area (Å²) in [6.45, 7) is 5.97. The van der Waals surface area contributed by atoms with Gasteiger partial charge < -0.3 is 0 Å². The van der Waals surface area contributed by atoms with Crippen molar-refractivity contribution in [3.8, 4) is 5.82 Å². The maximum Gasteiger partial charge on any atom is 0.179 e. The zero-order valence-electron chi connectivity index (χ0n) is 10.0. The lowest BCUT2D eigenvalue weighted by Crippen LogP contribution is -2.04. The van der Waals surface area contributed by atoms with Gasteiger partial charge in [0, 0.05) is 18.1 Å². The van der Waals surface area contributed by atoms with Gasteiger partial charge in [-0.05, 0) is 32.9 Å². The van der Waals surface area contributed by atoms with Gasteiger partial charge in [0.2, 0.25) is 0 Å². The third kappa shape index (κ3) is 1.51. The van der Waals surface area contributed by atoms with Crippen molar-refractivity contribution in [1.29, 1.82) is 0 Å². The Morgan fingerprint density at radius 2 is 1.76 bits per heavy atom. The monoisotopic (exact) mass is 227 g/mol. The molecule has 0 amide bonds. The molecule has 86 valence electrons. The van der Waals surface area contributed by atoms with Gasteiger partial charge in [-0.2, -0.15) is 10.2 Å². The normalized spacial score (nSPS) is 11.2. The lowest BCUT2D eigenvalue weighted by atomic mass is 10.4. The number of rotatable bonds is 1. The summed E-state index contributed by atoms with van der Waals surface area (Å²) in [7, 11) is 0. The molecular formula is C12H13N5. The van der Waals surface area contributed by atoms with E-state index in [9.17, 15) is 0 Å². The minimum Gasteiger partial charge on any atom is -0.235 e. The number of aromatic nitrogens is 5. The summed E-state index contributed by atoms with van der Waals surface area (Å²) in [6.07, 6.45) is 3.59. The average molecular weight is 227 g/mol. The van der Waals surface area contributed by atoms with Crippen molar-refractivity contribution in [2.24, 2.45) is 0 Å². The molecule has 0 aliphatic rings. The second-order valence-electron chi connectivity index (χ2n) is 4.21. The Hall–Kier alpha value is -2.17. The average Bonchev–Trinajstić information content (AvgIpc) is 2.79. The summed E-state index contributed by atoms with van der Waals surface area (Å²) in [6, 6.07) is 4.05. The van der Waals surface area contributed by atoms with Crippen LogP contribution in [0.25, 0.3) is 11.3 Å². The first-order chi connectivity index (χ1) is 8.15. The molecule has 0 spiro atoms. The van der Waals surface area contributed by atoms with Crippen LogP contribution < -0.4 is 0 Å². The fourth-order valence-electron chi connectivity index (χ4n) is 2.04. The number of fused-ring (bicyclic) bond motifs is 1. The van der Waals surface area contributed by atoms with E-state index in [4.69, 9.17) is 0 Å². The molecule has 0 unspecified atom stereocenters. The molecule has 0 aliphatic carbocycles. The molecule has 3 aromatic heterocycles. The highest BCUT2D eigenvalue weighted by Crippen LogP contribution is 2.16. The zero-order chi connectivity index (χ0) is 12.0. The largest absolute Gasteiger partial charge is 0.235 e. The first-order valence-corrected chi connectivity index (χ1v) is 5.50. The van der Waals surface area contributed by atoms with Crippen molar-refractivity contribution in [3.05, 3.63) is 41.6 Å². The Kier molecular flexibility index (Phi) is 2.01. The van der Waals surface area contributed by atoms with Gasteiger partial charge in [-0.15, -0.1) is 0 Å². The van der Waals surface area contributed by atoms with Crippen LogP contribution in [-0.4, -0.2) is 24.4 Å². The van der Waals surface area contributed by atoms with Crippen LogP contribution in [0, 0.1) is 20.8 Å². The molecule has 3 rings (SSSR count). The van der Waals surface area contributed by atoms with E-state index in [1.165, 1.54) is 0 Å². The fraction of sp³-hybridized carbons (Fsp3) is 0.250. The minimum atomic E-state index is 0.818. The molecule has 0 aromatic carbocycles. The van der Waals surface area contributed by atoms with Crippen LogP contribution in [0.2, 0.25) is 0 Å². The van der Waals surface area contributed by atoms with Gasteiger partial charge in [0.05, 0.1) is 11.4 Å². The molecule has 0 atom stereocenters. The number of hydrogen-bond donors (Lipinski definition) is 0. The predicted octanol–water partition coefficient (Wildman–Crippen LogP) is 1.84. The van der Waals surface area contributed by atoms with E-state index in [-0.39, 0.29) is 0 Å². The summed E-state index contributed by atoms with van der Waals surface area (Å²) in [5.74, 6) is 0.818. The smallest absolute Gasteiger partial charge is 0.179 e. The Balaban J connectivity index is 2.33. The molecule has 3 aromatic rings. The van der Waals surface area contributed by atoms with Crippen LogP contribution in [0.1, 0.15) is 17.1 Å². The van der Waals surface area contributed by atoms with E-state index in [1.807, 2.05) is 48.3 Å². The van der Waals surface area contributed by atoms with Crippen molar-refractivity contribution >= 4 is 5.52 Å². The molecular weight excluding hydrogens is 214 g/mol. The molecule has 0 saturated heterocycles. The zero-order valence-corrected chi connectivity index (χ0v) is 10.0. The fourth-order valence-corrected chi connectivity index (χ4v) is 2.04. The molecule has 0 saturated carbocycles. The van der Waals surface area contributed by atoms with Crippen LogP contribution in [0.15, 0.2) is 24.5 Å². The van der Waals surface area contributed by atoms with E-state index >= 15 is 0 Å². The summed E-state index contributed by atoms with van der Waals surface area (Å²) in [5, 5.41) is 8.82. The first kappa shape index (κ1) is 10.0. The van der Waals surface area contributed by atoms with Crippen molar-refractivity contribution in [1.82, 2.24) is 24.4 Å². The van der Waals surface area contributed by atoms with Crippen molar-refractivity contribution < 1.29 is 0 Å². The maximum atomic E-state index is 4.45. The Bertz CT molecular complexity index is 692. The quantitative estimate of drug-likeness (QED) is 0.637. The van der Waals surface area contributed by atoms with Crippen LogP contribution in [0.3, 0.4) is 0 Å². The van der Waals surface area contributed by atoms with E-state index < -0.39 is 0 Å². The Labute approximate surface area is 98.7 Å². The van der Waals surface area contributed by atoms with Gasteiger partial charge in [-0.25, -0.2) is 14.2 Å². The Morgan fingerprint density at radius 3 is 2.47 bits per heavy atom. The molecule has 5 heteroatoms. The molecule has 17 heavy (non-hydrogen) atoms. The van der Waals surface area contributed by atoms with Crippen LogP contribution in [0.4, 0.5) is 0 Å². The van der Waals surface area contributed by atoms with E-state index in [1.54, 1.807) is 6.20 Å². The summed E-state index contributed by atoms with van der Waals surface area (Å²) < 4.78 is 3.68. The minimum absolute atomic E-state index is 0.818. The van der Waals surface area contributed by atoms with Crippen molar-refractivity contribution in [3.63, 3.8) is 0 Å². The summed E-state index contributed by atoms with van der Waals surface area (Å²) >= 11 is 0. The summed E-state index contributed by atoms with van der Waals surface area (Å²) in [5.41, 5.74) is 4.00. The molecule has 0 N–H and O–H groups in total. The second-order valence-corrected chi connectivity index (χ2v) is 4.21. The number of nitrogens with zero attached hydrogens (tertiary/aromatic N) is 5. The van der Waals surface area contributed by atoms with Gasteiger partial charge in [-0.3, -0.25) is 0 Å². The number of hydrogen-bond acceptors (Lipinski definition) is 3. The van der Waals surface area contributed by atoms with E-state index in [2.05, 4.69) is 15.2 Å². The van der Waals surface area contributed by atoms with E-state index in [0.717, 1.165) is 28.4 Å². The van der Waals surface area contributed by atoms with Crippen molar-refractivity contribution in [2.75, 3.05) is 0 Å². The molecule has 0 radical (unpaired) electrons. The summed E-state index contributed by atoms with van der Waals surface area (Å²) in [4.78, 5) is 4.40. The lowest BCUT2D eigenvalue weighted by molar-refractivity contribution is 0.797. The topological polar surface area (TPSA) is 48.0 Å². The standard InChI is InChI=1S/C12H13N5/c1-8-6-10(3)17(15-8)12-11-7-9(2)14-16(11)5-4-13-12/h4-7H,1-3H3. The number of aryl methyl sites for hydroxylation is 3. The molecule has 5 nitrogen and oxygen atoms in total. The van der Waals surface area contributed by atoms with Crippen molar-refractivity contribution in [2.45, 2.75) is 20.8 Å². The highest BCUT2D eigenvalue weighted by atomic mass is 15.3.